The second-order valence-electron chi connectivity index (χ2n) is 5.65. The van der Waals surface area contributed by atoms with Gasteiger partial charge in [-0.25, -0.2) is 0 Å². The van der Waals surface area contributed by atoms with Crippen LogP contribution in [0.4, 0.5) is 0 Å². The Balaban J connectivity index is 0.00000192. The lowest BCUT2D eigenvalue weighted by molar-refractivity contribution is 0.0791. The van der Waals surface area contributed by atoms with Crippen LogP contribution in [0.5, 0.6) is 5.75 Å². The monoisotopic (exact) mass is 352 g/mol. The maximum Gasteiger partial charge on any atom is 0.267 e. The zero-order valence-electron chi connectivity index (χ0n) is 13.2. The van der Waals surface area contributed by atoms with Crippen LogP contribution in [-0.2, 0) is 0 Å². The summed E-state index contributed by atoms with van der Waals surface area (Å²) in [7, 11) is 1.60. The summed E-state index contributed by atoms with van der Waals surface area (Å²) in [6, 6.07) is 12.0. The number of likely N-dealkylation sites (tertiary alicyclic amines) is 1. The number of rotatable bonds is 3. The predicted octanol–water partition coefficient (Wildman–Crippen LogP) is 3.05. The lowest BCUT2D eigenvalue weighted by atomic mass is 9.95. The molecular formula is C17H21ClN2O2S. The van der Waals surface area contributed by atoms with Crippen molar-refractivity contribution in [1.29, 1.82) is 0 Å². The van der Waals surface area contributed by atoms with Crippen molar-refractivity contribution in [3.63, 3.8) is 0 Å². The number of amides is 1. The first-order valence-corrected chi connectivity index (χ1v) is 8.16. The first-order valence-electron chi connectivity index (χ1n) is 7.34. The molecule has 0 spiro atoms. The molecule has 0 radical (unpaired) electrons. The Morgan fingerprint density at radius 2 is 2.00 bits per heavy atom. The highest BCUT2D eigenvalue weighted by molar-refractivity contribution is 7.14. The number of hydrogen-bond acceptors (Lipinski definition) is 4. The average Bonchev–Trinajstić information content (AvgIpc) is 3.10. The molecule has 0 aliphatic carbocycles. The number of hydrogen-bond donors (Lipinski definition) is 1. The van der Waals surface area contributed by atoms with Gasteiger partial charge in [0, 0.05) is 29.9 Å². The maximum absolute atomic E-state index is 12.8. The third-order valence-electron chi connectivity index (χ3n) is 4.12. The van der Waals surface area contributed by atoms with Crippen molar-refractivity contribution < 1.29 is 9.53 Å². The van der Waals surface area contributed by atoms with Gasteiger partial charge in [0.2, 0.25) is 0 Å². The van der Waals surface area contributed by atoms with Crippen LogP contribution in [0.1, 0.15) is 26.0 Å². The van der Waals surface area contributed by atoms with Gasteiger partial charge in [-0.3, -0.25) is 4.79 Å². The van der Waals surface area contributed by atoms with Gasteiger partial charge in [-0.1, -0.05) is 30.3 Å². The lowest BCUT2D eigenvalue weighted by Gasteiger charge is -2.16. The Labute approximate surface area is 146 Å². The number of carbonyl (C=O) groups excluding carboxylic acids is 1. The number of benzene rings is 1. The van der Waals surface area contributed by atoms with Gasteiger partial charge in [0.1, 0.15) is 10.6 Å². The SMILES string of the molecule is COc1cc(C)sc1C(=O)N1C[C@@H](N)[C@H](c2ccccc2)C1.Cl. The molecular weight excluding hydrogens is 332 g/mol. The lowest BCUT2D eigenvalue weighted by Crippen LogP contribution is -2.31. The first kappa shape index (κ1) is 17.8. The van der Waals surface area contributed by atoms with Crippen LogP contribution in [0.3, 0.4) is 0 Å². The number of ether oxygens (including phenoxy) is 1. The predicted molar refractivity (Wildman–Crippen MR) is 95.9 cm³/mol. The van der Waals surface area contributed by atoms with Crippen molar-refractivity contribution >= 4 is 29.7 Å². The van der Waals surface area contributed by atoms with E-state index in [0.29, 0.717) is 23.7 Å². The Hall–Kier alpha value is -1.56. The molecule has 0 saturated carbocycles. The highest BCUT2D eigenvalue weighted by Crippen LogP contribution is 2.33. The standard InChI is InChI=1S/C17H20N2O2S.ClH/c1-11-8-15(21-2)16(22-11)17(20)19-9-13(14(18)10-19)12-6-4-3-5-7-12;/h3-8,13-14H,9-10,18H2,1-2H3;1H/t13-,14+;/m0./s1. The number of carbonyl (C=O) groups is 1. The summed E-state index contributed by atoms with van der Waals surface area (Å²) >= 11 is 1.48. The van der Waals surface area contributed by atoms with E-state index in [4.69, 9.17) is 10.5 Å². The van der Waals surface area contributed by atoms with Gasteiger partial charge in [-0.05, 0) is 18.6 Å². The summed E-state index contributed by atoms with van der Waals surface area (Å²) in [4.78, 5) is 16.3. The third-order valence-corrected chi connectivity index (χ3v) is 5.14. The third kappa shape index (κ3) is 3.52. The Morgan fingerprint density at radius 3 is 2.65 bits per heavy atom. The summed E-state index contributed by atoms with van der Waals surface area (Å²) in [5.74, 6) is 0.866. The van der Waals surface area contributed by atoms with Gasteiger partial charge in [0.15, 0.2) is 0 Å². The molecule has 1 amide bonds. The second kappa shape index (κ2) is 7.34. The zero-order chi connectivity index (χ0) is 15.7. The van der Waals surface area contributed by atoms with Crippen LogP contribution in [0.25, 0.3) is 0 Å². The molecule has 1 aliphatic rings. The van der Waals surface area contributed by atoms with Crippen molar-refractivity contribution in [2.75, 3.05) is 20.2 Å². The molecule has 2 heterocycles. The number of nitrogens with zero attached hydrogens (tertiary/aromatic N) is 1. The molecule has 1 aromatic heterocycles. The molecule has 0 bridgehead atoms. The molecule has 2 atom stereocenters. The fourth-order valence-electron chi connectivity index (χ4n) is 2.98. The van der Waals surface area contributed by atoms with Crippen molar-refractivity contribution in [2.45, 2.75) is 18.9 Å². The Morgan fingerprint density at radius 1 is 1.30 bits per heavy atom. The molecule has 3 rings (SSSR count). The highest BCUT2D eigenvalue weighted by Gasteiger charge is 2.35. The van der Waals surface area contributed by atoms with Gasteiger partial charge in [0.05, 0.1) is 7.11 Å². The van der Waals surface area contributed by atoms with Crippen molar-refractivity contribution in [1.82, 2.24) is 4.90 Å². The Bertz CT molecular complexity index is 674. The van der Waals surface area contributed by atoms with E-state index >= 15 is 0 Å². The molecule has 6 heteroatoms. The van der Waals surface area contributed by atoms with E-state index in [1.54, 1.807) is 7.11 Å². The summed E-state index contributed by atoms with van der Waals surface area (Å²) in [5, 5.41) is 0. The van der Waals surface area contributed by atoms with Crippen LogP contribution in [-0.4, -0.2) is 37.0 Å². The van der Waals surface area contributed by atoms with Crippen LogP contribution in [0.2, 0.25) is 0 Å². The molecule has 1 aliphatic heterocycles. The number of methoxy groups -OCH3 is 1. The van der Waals surface area contributed by atoms with Crippen LogP contribution < -0.4 is 10.5 Å². The second-order valence-corrected chi connectivity index (χ2v) is 6.90. The molecule has 0 unspecified atom stereocenters. The summed E-state index contributed by atoms with van der Waals surface area (Å²) in [6.45, 7) is 3.22. The van der Waals surface area contributed by atoms with Crippen molar-refractivity contribution in [3.8, 4) is 5.75 Å². The highest BCUT2D eigenvalue weighted by atomic mass is 35.5. The van der Waals surface area contributed by atoms with Gasteiger partial charge in [-0.2, -0.15) is 0 Å². The molecule has 2 aromatic rings. The molecule has 1 saturated heterocycles. The zero-order valence-corrected chi connectivity index (χ0v) is 14.8. The first-order chi connectivity index (χ1) is 10.6. The summed E-state index contributed by atoms with van der Waals surface area (Å²) < 4.78 is 5.32. The molecule has 124 valence electrons. The molecule has 23 heavy (non-hydrogen) atoms. The van der Waals surface area contributed by atoms with Crippen LogP contribution in [0, 0.1) is 6.92 Å². The van der Waals surface area contributed by atoms with Gasteiger partial charge < -0.3 is 15.4 Å². The van der Waals surface area contributed by atoms with Gasteiger partial charge >= 0.3 is 0 Å². The average molecular weight is 353 g/mol. The smallest absolute Gasteiger partial charge is 0.267 e. The van der Waals surface area contributed by atoms with E-state index in [1.165, 1.54) is 16.9 Å². The van der Waals surface area contributed by atoms with Crippen LogP contribution >= 0.6 is 23.7 Å². The normalized spacial score (nSPS) is 20.2. The van der Waals surface area contributed by atoms with Crippen molar-refractivity contribution in [2.24, 2.45) is 5.73 Å². The fraction of sp³-hybridized carbons (Fsp3) is 0.353. The number of thiophene rings is 1. The summed E-state index contributed by atoms with van der Waals surface area (Å²) in [6.07, 6.45) is 0. The van der Waals surface area contributed by atoms with E-state index < -0.39 is 0 Å². The molecule has 2 N–H and O–H groups in total. The number of aryl methyl sites for hydroxylation is 1. The maximum atomic E-state index is 12.8. The topological polar surface area (TPSA) is 55.6 Å². The minimum absolute atomic E-state index is 0. The summed E-state index contributed by atoms with van der Waals surface area (Å²) in [5.41, 5.74) is 7.47. The number of nitrogens with two attached hydrogens (primary N) is 1. The van der Waals surface area contributed by atoms with Gasteiger partial charge in [0.25, 0.3) is 5.91 Å². The van der Waals surface area contributed by atoms with E-state index in [9.17, 15) is 4.79 Å². The van der Waals surface area contributed by atoms with E-state index in [-0.39, 0.29) is 30.3 Å². The Kier molecular flexibility index (Phi) is 5.68. The quantitative estimate of drug-likeness (QED) is 0.923. The van der Waals surface area contributed by atoms with Gasteiger partial charge in [-0.15, -0.1) is 23.7 Å². The molecule has 1 fully saturated rings. The molecule has 4 nitrogen and oxygen atoms in total. The van der Waals surface area contributed by atoms with E-state index in [1.807, 2.05) is 36.1 Å². The van der Waals surface area contributed by atoms with E-state index in [2.05, 4.69) is 12.1 Å². The largest absolute Gasteiger partial charge is 0.495 e. The minimum atomic E-state index is -0.0293. The number of halogens is 1. The van der Waals surface area contributed by atoms with E-state index in [0.717, 1.165) is 4.88 Å². The van der Waals surface area contributed by atoms with Crippen molar-refractivity contribution in [3.05, 3.63) is 51.7 Å². The van der Waals surface area contributed by atoms with Crippen LogP contribution in [0.15, 0.2) is 36.4 Å². The minimum Gasteiger partial charge on any atom is -0.495 e. The fourth-order valence-corrected chi connectivity index (χ4v) is 3.93. The molecule has 1 aromatic carbocycles.